The number of rotatable bonds is 3. The summed E-state index contributed by atoms with van der Waals surface area (Å²) >= 11 is 1.40. The molecule has 1 amide bonds. The number of carbonyl (C=O) groups excluding carboxylic acids is 1. The lowest BCUT2D eigenvalue weighted by Gasteiger charge is -2.17. The van der Waals surface area contributed by atoms with Crippen molar-refractivity contribution in [2.24, 2.45) is 5.92 Å². The van der Waals surface area contributed by atoms with E-state index in [9.17, 15) is 20.2 Å². The number of carbonyl (C=O) groups is 1. The highest BCUT2D eigenvalue weighted by Gasteiger charge is 2.26. The zero-order valence-corrected chi connectivity index (χ0v) is 13.9. The van der Waals surface area contributed by atoms with Crippen LogP contribution in [0.15, 0.2) is 24.3 Å². The number of nitrogens with one attached hydrogen (secondary N) is 1. The Morgan fingerprint density at radius 3 is 2.92 bits per heavy atom. The molecule has 6 nitrogen and oxygen atoms in total. The molecule has 122 valence electrons. The molecule has 1 heterocycles. The maximum atomic E-state index is 12.5. The summed E-state index contributed by atoms with van der Waals surface area (Å²) < 4.78 is 0. The van der Waals surface area contributed by atoms with Crippen LogP contribution < -0.4 is 5.32 Å². The van der Waals surface area contributed by atoms with Crippen LogP contribution in [-0.2, 0) is 12.8 Å². The molecule has 0 unspecified atom stereocenters. The molecule has 0 aliphatic heterocycles. The summed E-state index contributed by atoms with van der Waals surface area (Å²) in [5, 5.41) is 23.7. The number of hydrogen-bond donors (Lipinski definition) is 1. The van der Waals surface area contributed by atoms with Gasteiger partial charge < -0.3 is 5.32 Å². The number of thiophene rings is 1. The molecule has 24 heavy (non-hydrogen) atoms. The van der Waals surface area contributed by atoms with Crippen molar-refractivity contribution in [2.75, 3.05) is 5.32 Å². The van der Waals surface area contributed by atoms with Gasteiger partial charge in [-0.3, -0.25) is 14.9 Å². The van der Waals surface area contributed by atoms with Gasteiger partial charge in [-0.05, 0) is 36.8 Å². The van der Waals surface area contributed by atoms with Crippen molar-refractivity contribution in [3.8, 4) is 6.07 Å². The molecule has 0 bridgehead atoms. The molecule has 1 aliphatic rings. The average molecular weight is 341 g/mol. The van der Waals surface area contributed by atoms with Gasteiger partial charge in [-0.2, -0.15) is 5.26 Å². The first kappa shape index (κ1) is 16.1. The van der Waals surface area contributed by atoms with Crippen LogP contribution in [0.25, 0.3) is 0 Å². The fourth-order valence-electron chi connectivity index (χ4n) is 2.95. The van der Waals surface area contributed by atoms with E-state index in [1.807, 2.05) is 0 Å². The lowest BCUT2D eigenvalue weighted by atomic mass is 9.88. The summed E-state index contributed by atoms with van der Waals surface area (Å²) in [5.74, 6) is -0.00750. The van der Waals surface area contributed by atoms with Crippen LogP contribution in [0.1, 0.15) is 39.7 Å². The summed E-state index contributed by atoms with van der Waals surface area (Å²) in [6, 6.07) is 7.97. The van der Waals surface area contributed by atoms with Gasteiger partial charge >= 0.3 is 0 Å². The number of nitrogens with zero attached hydrogens (tertiary/aromatic N) is 2. The van der Waals surface area contributed by atoms with Crippen molar-refractivity contribution < 1.29 is 9.72 Å². The second kappa shape index (κ2) is 6.42. The number of anilines is 1. The van der Waals surface area contributed by atoms with Crippen LogP contribution in [0.4, 0.5) is 10.7 Å². The zero-order chi connectivity index (χ0) is 17.3. The number of amides is 1. The topological polar surface area (TPSA) is 96.0 Å². The van der Waals surface area contributed by atoms with E-state index in [0.29, 0.717) is 16.5 Å². The summed E-state index contributed by atoms with van der Waals surface area (Å²) in [6.07, 6.45) is 2.75. The van der Waals surface area contributed by atoms with Gasteiger partial charge in [0, 0.05) is 10.9 Å². The maximum Gasteiger partial charge on any atom is 0.282 e. The van der Waals surface area contributed by atoms with E-state index < -0.39 is 10.8 Å². The third-order valence-electron chi connectivity index (χ3n) is 4.20. The Bertz CT molecular complexity index is 866. The van der Waals surface area contributed by atoms with Gasteiger partial charge in [0.1, 0.15) is 16.6 Å². The maximum absolute atomic E-state index is 12.5. The van der Waals surface area contributed by atoms with Gasteiger partial charge in [0.2, 0.25) is 0 Å². The Morgan fingerprint density at radius 2 is 2.21 bits per heavy atom. The van der Waals surface area contributed by atoms with Crippen molar-refractivity contribution in [1.82, 2.24) is 0 Å². The Labute approximate surface area is 142 Å². The Morgan fingerprint density at radius 1 is 1.46 bits per heavy atom. The highest BCUT2D eigenvalue weighted by atomic mass is 32.1. The third-order valence-corrected chi connectivity index (χ3v) is 5.37. The first-order chi connectivity index (χ1) is 11.5. The van der Waals surface area contributed by atoms with Gasteiger partial charge in [-0.1, -0.05) is 19.1 Å². The number of para-hydroxylation sites is 1. The van der Waals surface area contributed by atoms with Gasteiger partial charge in [0.15, 0.2) is 0 Å². The van der Waals surface area contributed by atoms with Gasteiger partial charge in [0.05, 0.1) is 10.5 Å². The minimum atomic E-state index is -0.582. The molecular weight excluding hydrogens is 326 g/mol. The van der Waals surface area contributed by atoms with E-state index in [0.717, 1.165) is 29.7 Å². The van der Waals surface area contributed by atoms with E-state index in [4.69, 9.17) is 0 Å². The Balaban J connectivity index is 1.94. The van der Waals surface area contributed by atoms with E-state index >= 15 is 0 Å². The molecule has 2 aromatic rings. The minimum Gasteiger partial charge on any atom is -0.312 e. The van der Waals surface area contributed by atoms with Crippen molar-refractivity contribution in [3.05, 3.63) is 55.9 Å². The highest BCUT2D eigenvalue weighted by molar-refractivity contribution is 7.16. The first-order valence-electron chi connectivity index (χ1n) is 7.60. The molecule has 0 spiro atoms. The van der Waals surface area contributed by atoms with Gasteiger partial charge in [-0.25, -0.2) is 0 Å². The van der Waals surface area contributed by atoms with E-state index in [1.165, 1.54) is 29.5 Å². The molecule has 3 rings (SSSR count). The van der Waals surface area contributed by atoms with Crippen LogP contribution >= 0.6 is 11.3 Å². The average Bonchev–Trinajstić information content (AvgIpc) is 2.90. The summed E-state index contributed by atoms with van der Waals surface area (Å²) in [7, 11) is 0. The monoisotopic (exact) mass is 341 g/mol. The van der Waals surface area contributed by atoms with Crippen molar-refractivity contribution in [2.45, 2.75) is 26.2 Å². The number of nitro benzene ring substituents is 1. The molecule has 1 aliphatic carbocycles. The predicted molar refractivity (Wildman–Crippen MR) is 91.3 cm³/mol. The van der Waals surface area contributed by atoms with E-state index in [2.05, 4.69) is 18.3 Å². The summed E-state index contributed by atoms with van der Waals surface area (Å²) in [6.45, 7) is 2.17. The lowest BCUT2D eigenvalue weighted by Crippen LogP contribution is -2.14. The Kier molecular flexibility index (Phi) is 4.32. The molecule has 0 saturated heterocycles. The Hall–Kier alpha value is -2.72. The van der Waals surface area contributed by atoms with Crippen molar-refractivity contribution >= 4 is 27.9 Å². The molecule has 1 aromatic carbocycles. The smallest absolute Gasteiger partial charge is 0.282 e. The molecular formula is C17H15N3O3S. The highest BCUT2D eigenvalue weighted by Crippen LogP contribution is 2.39. The van der Waals surface area contributed by atoms with E-state index in [1.54, 1.807) is 6.07 Å². The summed E-state index contributed by atoms with van der Waals surface area (Å²) in [4.78, 5) is 24.1. The number of hydrogen-bond acceptors (Lipinski definition) is 5. The molecule has 0 saturated carbocycles. The molecule has 0 fully saturated rings. The number of fused-ring (bicyclic) bond motifs is 1. The zero-order valence-electron chi connectivity index (χ0n) is 13.0. The molecule has 1 atom stereocenters. The second-order valence-corrected chi connectivity index (χ2v) is 7.00. The SMILES string of the molecule is C[C@@H]1CCc2c(sc(NC(=O)c3ccccc3[N+](=O)[O-])c2C#N)C1. The molecule has 7 heteroatoms. The number of benzene rings is 1. The van der Waals surface area contributed by atoms with E-state index in [-0.39, 0.29) is 11.3 Å². The molecule has 0 radical (unpaired) electrons. The van der Waals surface area contributed by atoms with Crippen LogP contribution in [-0.4, -0.2) is 10.8 Å². The van der Waals surface area contributed by atoms with Crippen molar-refractivity contribution in [1.29, 1.82) is 5.26 Å². The standard InChI is InChI=1S/C17H15N3O3S/c1-10-6-7-11-13(9-18)17(24-15(11)8-10)19-16(21)12-4-2-3-5-14(12)20(22)23/h2-5,10H,6-8H2,1H3,(H,19,21)/t10-/m1/s1. The van der Waals surface area contributed by atoms with Crippen LogP contribution in [0.3, 0.4) is 0 Å². The van der Waals surface area contributed by atoms with Crippen LogP contribution in [0.2, 0.25) is 0 Å². The largest absolute Gasteiger partial charge is 0.312 e. The molecule has 1 aromatic heterocycles. The first-order valence-corrected chi connectivity index (χ1v) is 8.42. The third kappa shape index (κ3) is 2.88. The number of nitro groups is 1. The normalized spacial score (nSPS) is 16.1. The van der Waals surface area contributed by atoms with Crippen LogP contribution in [0, 0.1) is 27.4 Å². The predicted octanol–water partition coefficient (Wildman–Crippen LogP) is 3.91. The second-order valence-electron chi connectivity index (χ2n) is 5.90. The van der Waals surface area contributed by atoms with Crippen LogP contribution in [0.5, 0.6) is 0 Å². The quantitative estimate of drug-likeness (QED) is 0.676. The van der Waals surface area contributed by atoms with Gasteiger partial charge in [-0.15, -0.1) is 11.3 Å². The lowest BCUT2D eigenvalue weighted by molar-refractivity contribution is -0.385. The summed E-state index contributed by atoms with van der Waals surface area (Å²) in [5.41, 5.74) is 1.25. The molecule has 1 N–H and O–H groups in total. The minimum absolute atomic E-state index is 0.00821. The van der Waals surface area contributed by atoms with Gasteiger partial charge in [0.25, 0.3) is 11.6 Å². The fraction of sp³-hybridized carbons (Fsp3) is 0.294. The fourth-order valence-corrected chi connectivity index (χ4v) is 4.31. The number of nitriles is 1. The van der Waals surface area contributed by atoms with Crippen molar-refractivity contribution in [3.63, 3.8) is 0 Å².